The molecule has 0 radical (unpaired) electrons. The van der Waals surface area contributed by atoms with Gasteiger partial charge in [0.1, 0.15) is 0 Å². The summed E-state index contributed by atoms with van der Waals surface area (Å²) in [5.41, 5.74) is 10.1. The first-order valence-electron chi connectivity index (χ1n) is 17.4. The van der Waals surface area contributed by atoms with E-state index in [2.05, 4.69) is 194 Å². The van der Waals surface area contributed by atoms with Gasteiger partial charge in [-0.05, 0) is 98.4 Å². The van der Waals surface area contributed by atoms with Crippen LogP contribution in [0.2, 0.25) is 0 Å². The standard InChI is InChI=1S/C50H32/c1-3-17-33(18-4-1)47-37-23-9-13-27-41(37)49(42-28-14-10-24-38(42)47)45-31-32-46(36-22-8-7-21-35(36)45)50-43-29-15-11-25-39(43)48(34-19-5-2-6-20-34)40-26-12-16-30-44(40)50/h1-32H. The third-order valence-electron chi connectivity index (χ3n) is 10.5. The average molecular weight is 633 g/mol. The second-order valence-electron chi connectivity index (χ2n) is 13.1. The van der Waals surface area contributed by atoms with Crippen molar-refractivity contribution < 1.29 is 0 Å². The first-order valence-corrected chi connectivity index (χ1v) is 17.4. The van der Waals surface area contributed by atoms with Crippen LogP contribution in [0.4, 0.5) is 0 Å². The van der Waals surface area contributed by atoms with Gasteiger partial charge in [0, 0.05) is 0 Å². The van der Waals surface area contributed by atoms with E-state index in [0.717, 1.165) is 0 Å². The quantitative estimate of drug-likeness (QED) is 0.169. The van der Waals surface area contributed by atoms with Crippen LogP contribution in [-0.4, -0.2) is 0 Å². The molecule has 10 rings (SSSR count). The van der Waals surface area contributed by atoms with Crippen LogP contribution in [0, 0.1) is 0 Å². The van der Waals surface area contributed by atoms with Crippen LogP contribution in [-0.2, 0) is 0 Å². The summed E-state index contributed by atoms with van der Waals surface area (Å²) >= 11 is 0. The van der Waals surface area contributed by atoms with Crippen LogP contribution in [0.3, 0.4) is 0 Å². The van der Waals surface area contributed by atoms with Gasteiger partial charge in [-0.3, -0.25) is 0 Å². The molecule has 0 fully saturated rings. The van der Waals surface area contributed by atoms with E-state index < -0.39 is 0 Å². The predicted molar refractivity (Wildman–Crippen MR) is 216 cm³/mol. The van der Waals surface area contributed by atoms with Gasteiger partial charge in [-0.1, -0.05) is 194 Å². The molecule has 0 aliphatic rings. The van der Waals surface area contributed by atoms with Gasteiger partial charge in [0.05, 0.1) is 0 Å². The van der Waals surface area contributed by atoms with Gasteiger partial charge in [-0.15, -0.1) is 0 Å². The summed E-state index contributed by atoms with van der Waals surface area (Å²) in [6.07, 6.45) is 0. The van der Waals surface area contributed by atoms with E-state index in [-0.39, 0.29) is 0 Å². The Balaban J connectivity index is 1.31. The Morgan fingerprint density at radius 2 is 0.380 bits per heavy atom. The zero-order valence-corrected chi connectivity index (χ0v) is 27.5. The van der Waals surface area contributed by atoms with Crippen LogP contribution in [0.25, 0.3) is 98.4 Å². The Kier molecular flexibility index (Phi) is 6.60. The lowest BCUT2D eigenvalue weighted by molar-refractivity contribution is 1.65. The van der Waals surface area contributed by atoms with E-state index >= 15 is 0 Å². The zero-order valence-electron chi connectivity index (χ0n) is 27.5. The summed E-state index contributed by atoms with van der Waals surface area (Å²) in [5, 5.41) is 12.7. The molecule has 0 saturated carbocycles. The minimum Gasteiger partial charge on any atom is -0.0622 e. The molecule has 0 aromatic heterocycles. The van der Waals surface area contributed by atoms with Crippen molar-refractivity contribution in [3.05, 3.63) is 194 Å². The van der Waals surface area contributed by atoms with Crippen LogP contribution in [0.15, 0.2) is 194 Å². The van der Waals surface area contributed by atoms with Crippen molar-refractivity contribution in [2.45, 2.75) is 0 Å². The third-order valence-corrected chi connectivity index (χ3v) is 10.5. The molecule has 0 N–H and O–H groups in total. The first kappa shape index (κ1) is 28.5. The molecule has 0 aliphatic carbocycles. The maximum absolute atomic E-state index is 2.38. The average Bonchev–Trinajstić information content (AvgIpc) is 3.19. The minimum atomic E-state index is 1.24. The molecule has 0 aliphatic heterocycles. The van der Waals surface area contributed by atoms with Crippen molar-refractivity contribution in [1.29, 1.82) is 0 Å². The van der Waals surface area contributed by atoms with Crippen molar-refractivity contribution in [3.63, 3.8) is 0 Å². The van der Waals surface area contributed by atoms with Crippen LogP contribution in [0.5, 0.6) is 0 Å². The van der Waals surface area contributed by atoms with Gasteiger partial charge in [-0.25, -0.2) is 0 Å². The summed E-state index contributed by atoms with van der Waals surface area (Å²) in [6.45, 7) is 0. The fraction of sp³-hybridized carbons (Fsp3) is 0. The molecule has 0 bridgehead atoms. The van der Waals surface area contributed by atoms with Gasteiger partial charge in [0.25, 0.3) is 0 Å². The van der Waals surface area contributed by atoms with Gasteiger partial charge < -0.3 is 0 Å². The fourth-order valence-electron chi connectivity index (χ4n) is 8.40. The van der Waals surface area contributed by atoms with Crippen molar-refractivity contribution in [3.8, 4) is 44.5 Å². The van der Waals surface area contributed by atoms with Crippen molar-refractivity contribution in [1.82, 2.24) is 0 Å². The smallest absolute Gasteiger partial charge is 0.00201 e. The van der Waals surface area contributed by atoms with Crippen LogP contribution >= 0.6 is 0 Å². The lowest BCUT2D eigenvalue weighted by Gasteiger charge is -2.21. The molecule has 10 aromatic carbocycles. The van der Waals surface area contributed by atoms with Crippen LogP contribution in [0.1, 0.15) is 0 Å². The Bertz CT molecular complexity index is 2580. The highest BCUT2D eigenvalue weighted by Crippen LogP contribution is 2.49. The van der Waals surface area contributed by atoms with Gasteiger partial charge in [0.15, 0.2) is 0 Å². The van der Waals surface area contributed by atoms with E-state index in [0.29, 0.717) is 0 Å². The second-order valence-corrected chi connectivity index (χ2v) is 13.1. The van der Waals surface area contributed by atoms with Gasteiger partial charge >= 0.3 is 0 Å². The van der Waals surface area contributed by atoms with Crippen molar-refractivity contribution in [2.24, 2.45) is 0 Å². The van der Waals surface area contributed by atoms with Crippen molar-refractivity contribution >= 4 is 53.9 Å². The van der Waals surface area contributed by atoms with Gasteiger partial charge in [0.2, 0.25) is 0 Å². The van der Waals surface area contributed by atoms with E-state index in [1.165, 1.54) is 98.4 Å². The van der Waals surface area contributed by atoms with E-state index in [1.807, 2.05) is 0 Å². The normalized spacial score (nSPS) is 11.6. The second kappa shape index (κ2) is 11.6. The van der Waals surface area contributed by atoms with E-state index in [1.54, 1.807) is 0 Å². The molecule has 232 valence electrons. The molecule has 0 heteroatoms. The minimum absolute atomic E-state index is 1.24. The monoisotopic (exact) mass is 632 g/mol. The van der Waals surface area contributed by atoms with Crippen LogP contribution < -0.4 is 0 Å². The summed E-state index contributed by atoms with van der Waals surface area (Å²) in [4.78, 5) is 0. The Morgan fingerprint density at radius 1 is 0.160 bits per heavy atom. The molecule has 0 saturated heterocycles. The number of hydrogen-bond donors (Lipinski definition) is 0. The molecule has 0 spiro atoms. The molecule has 50 heavy (non-hydrogen) atoms. The Morgan fingerprint density at radius 3 is 0.660 bits per heavy atom. The maximum Gasteiger partial charge on any atom is -0.00201 e. The summed E-state index contributed by atoms with van der Waals surface area (Å²) in [5.74, 6) is 0. The Labute approximate surface area is 291 Å². The highest BCUT2D eigenvalue weighted by molar-refractivity contribution is 6.27. The topological polar surface area (TPSA) is 0 Å². The first-order chi connectivity index (χ1) is 24.9. The molecule has 0 amide bonds. The SMILES string of the molecule is c1ccc(-c2c3ccccc3c(-c3ccc(-c4c5ccccc5c(-c5ccccc5)c5ccccc45)c4ccccc34)c3ccccc23)cc1. The summed E-state index contributed by atoms with van der Waals surface area (Å²) in [7, 11) is 0. The summed E-state index contributed by atoms with van der Waals surface area (Å²) < 4.78 is 0. The zero-order chi connectivity index (χ0) is 33.0. The fourth-order valence-corrected chi connectivity index (χ4v) is 8.40. The molecule has 0 unspecified atom stereocenters. The Hall–Kier alpha value is -6.50. The molecule has 0 heterocycles. The van der Waals surface area contributed by atoms with Crippen molar-refractivity contribution in [2.75, 3.05) is 0 Å². The maximum atomic E-state index is 2.38. The molecular weight excluding hydrogens is 601 g/mol. The number of fused-ring (bicyclic) bond motifs is 5. The lowest BCUT2D eigenvalue weighted by atomic mass is 9.82. The highest BCUT2D eigenvalue weighted by Gasteiger charge is 2.21. The summed E-state index contributed by atoms with van der Waals surface area (Å²) in [6, 6.07) is 71.2. The van der Waals surface area contributed by atoms with E-state index in [4.69, 9.17) is 0 Å². The molecule has 0 nitrogen and oxygen atoms in total. The van der Waals surface area contributed by atoms with Gasteiger partial charge in [-0.2, -0.15) is 0 Å². The lowest BCUT2D eigenvalue weighted by Crippen LogP contribution is -1.94. The number of hydrogen-bond acceptors (Lipinski definition) is 0. The number of rotatable bonds is 4. The third kappa shape index (κ3) is 4.32. The largest absolute Gasteiger partial charge is 0.0622 e. The molecule has 0 atom stereocenters. The predicted octanol–water partition coefficient (Wildman–Crippen LogP) is 14.1. The number of benzene rings is 10. The molecule has 10 aromatic rings. The van der Waals surface area contributed by atoms with E-state index in [9.17, 15) is 0 Å². The molecular formula is C50H32. The highest BCUT2D eigenvalue weighted by atomic mass is 14.2.